The second kappa shape index (κ2) is 6.75. The number of benzene rings is 1. The molecular formula is C14H16ClNO2. The van der Waals surface area contributed by atoms with E-state index in [4.69, 9.17) is 26.3 Å². The van der Waals surface area contributed by atoms with Crippen molar-refractivity contribution in [2.75, 3.05) is 19.8 Å². The third-order valence-corrected chi connectivity index (χ3v) is 3.49. The van der Waals surface area contributed by atoms with Gasteiger partial charge >= 0.3 is 0 Å². The van der Waals surface area contributed by atoms with Gasteiger partial charge in [0.15, 0.2) is 0 Å². The Morgan fingerprint density at radius 1 is 1.39 bits per heavy atom. The van der Waals surface area contributed by atoms with Gasteiger partial charge in [0, 0.05) is 18.2 Å². The largest absolute Gasteiger partial charge is 0.381 e. The fourth-order valence-electron chi connectivity index (χ4n) is 1.98. The Morgan fingerprint density at radius 2 is 2.17 bits per heavy atom. The quantitative estimate of drug-likeness (QED) is 0.840. The predicted molar refractivity (Wildman–Crippen MR) is 69.4 cm³/mol. The van der Waals surface area contributed by atoms with Crippen LogP contribution in [0.1, 0.15) is 24.0 Å². The summed E-state index contributed by atoms with van der Waals surface area (Å²) in [5.74, 6) is 0.593. The van der Waals surface area contributed by atoms with Crippen LogP contribution in [0.25, 0.3) is 0 Å². The van der Waals surface area contributed by atoms with Crippen LogP contribution in [0.5, 0.6) is 0 Å². The molecule has 1 aliphatic rings. The van der Waals surface area contributed by atoms with Crippen molar-refractivity contribution >= 4 is 11.6 Å². The molecule has 1 saturated heterocycles. The molecule has 0 bridgehead atoms. The van der Waals surface area contributed by atoms with Gasteiger partial charge in [-0.3, -0.25) is 0 Å². The summed E-state index contributed by atoms with van der Waals surface area (Å²) in [6.07, 6.45) is 2.14. The lowest BCUT2D eigenvalue weighted by Gasteiger charge is -2.21. The number of nitrogens with zero attached hydrogens (tertiary/aromatic N) is 1. The van der Waals surface area contributed by atoms with E-state index in [-0.39, 0.29) is 0 Å². The first-order valence-electron chi connectivity index (χ1n) is 6.13. The van der Waals surface area contributed by atoms with Crippen molar-refractivity contribution in [1.82, 2.24) is 0 Å². The highest BCUT2D eigenvalue weighted by molar-refractivity contribution is 6.31. The lowest BCUT2D eigenvalue weighted by Crippen LogP contribution is -2.20. The first kappa shape index (κ1) is 13.4. The van der Waals surface area contributed by atoms with Gasteiger partial charge in [0.05, 0.1) is 24.8 Å². The molecule has 1 heterocycles. The van der Waals surface area contributed by atoms with E-state index in [1.807, 2.05) is 6.07 Å². The first-order chi connectivity index (χ1) is 8.79. The summed E-state index contributed by atoms with van der Waals surface area (Å²) in [6.45, 7) is 2.93. The van der Waals surface area contributed by atoms with Crippen molar-refractivity contribution in [3.63, 3.8) is 0 Å². The Morgan fingerprint density at radius 3 is 2.83 bits per heavy atom. The maximum atomic E-state index is 8.75. The standard InChI is InChI=1S/C14H16ClNO2/c15-14-7-12(8-16)1-2-13(14)10-18-9-11-3-5-17-6-4-11/h1-2,7,11H,3-6,9-10H2. The van der Waals surface area contributed by atoms with Crippen LogP contribution in [0.15, 0.2) is 18.2 Å². The van der Waals surface area contributed by atoms with Gasteiger partial charge in [0.1, 0.15) is 0 Å². The fourth-order valence-corrected chi connectivity index (χ4v) is 2.22. The molecule has 0 amide bonds. The van der Waals surface area contributed by atoms with Crippen molar-refractivity contribution < 1.29 is 9.47 Å². The molecule has 3 nitrogen and oxygen atoms in total. The van der Waals surface area contributed by atoms with Gasteiger partial charge in [0.25, 0.3) is 0 Å². The summed E-state index contributed by atoms with van der Waals surface area (Å²) in [7, 11) is 0. The maximum absolute atomic E-state index is 8.75. The van der Waals surface area contributed by atoms with E-state index in [1.165, 1.54) is 0 Å². The van der Waals surface area contributed by atoms with Crippen molar-refractivity contribution in [3.8, 4) is 6.07 Å². The van der Waals surface area contributed by atoms with Crippen LogP contribution in [0, 0.1) is 17.2 Å². The number of rotatable bonds is 4. The van der Waals surface area contributed by atoms with Gasteiger partial charge in [-0.05, 0) is 36.5 Å². The van der Waals surface area contributed by atoms with Gasteiger partial charge in [-0.2, -0.15) is 5.26 Å². The molecule has 2 rings (SSSR count). The number of nitriles is 1. The van der Waals surface area contributed by atoms with Crippen LogP contribution < -0.4 is 0 Å². The summed E-state index contributed by atoms with van der Waals surface area (Å²) < 4.78 is 11.0. The summed E-state index contributed by atoms with van der Waals surface area (Å²) in [5, 5.41) is 9.35. The topological polar surface area (TPSA) is 42.2 Å². The second-order valence-electron chi connectivity index (χ2n) is 4.49. The zero-order valence-electron chi connectivity index (χ0n) is 10.2. The third kappa shape index (κ3) is 3.71. The average Bonchev–Trinajstić information content (AvgIpc) is 2.42. The fraction of sp³-hybridized carbons (Fsp3) is 0.500. The smallest absolute Gasteiger partial charge is 0.0992 e. The average molecular weight is 266 g/mol. The van der Waals surface area contributed by atoms with Gasteiger partial charge in [0.2, 0.25) is 0 Å². The van der Waals surface area contributed by atoms with Crippen LogP contribution in [0.2, 0.25) is 5.02 Å². The molecule has 0 aliphatic carbocycles. The Bertz CT molecular complexity index is 436. The predicted octanol–water partition coefficient (Wildman–Crippen LogP) is 3.15. The van der Waals surface area contributed by atoms with Crippen molar-refractivity contribution in [2.45, 2.75) is 19.4 Å². The zero-order valence-corrected chi connectivity index (χ0v) is 10.9. The van der Waals surface area contributed by atoms with Crippen LogP contribution in [-0.4, -0.2) is 19.8 Å². The first-order valence-corrected chi connectivity index (χ1v) is 6.51. The van der Waals surface area contributed by atoms with Crippen molar-refractivity contribution in [1.29, 1.82) is 5.26 Å². The van der Waals surface area contributed by atoms with Gasteiger partial charge in [-0.1, -0.05) is 17.7 Å². The van der Waals surface area contributed by atoms with Crippen molar-refractivity contribution in [2.24, 2.45) is 5.92 Å². The van der Waals surface area contributed by atoms with Gasteiger partial charge in [-0.15, -0.1) is 0 Å². The van der Waals surface area contributed by atoms with E-state index < -0.39 is 0 Å². The van der Waals surface area contributed by atoms with Gasteiger partial charge in [-0.25, -0.2) is 0 Å². The number of ether oxygens (including phenoxy) is 2. The lowest BCUT2D eigenvalue weighted by atomic mass is 10.0. The summed E-state index contributed by atoms with van der Waals surface area (Å²) in [5.41, 5.74) is 1.51. The SMILES string of the molecule is N#Cc1ccc(COCC2CCOCC2)c(Cl)c1. The van der Waals surface area contributed by atoms with Crippen molar-refractivity contribution in [3.05, 3.63) is 34.3 Å². The molecule has 96 valence electrons. The normalized spacial score (nSPS) is 16.4. The minimum absolute atomic E-state index is 0.502. The Kier molecular flexibility index (Phi) is 5.00. The van der Waals surface area contributed by atoms with Crippen LogP contribution in [0.3, 0.4) is 0 Å². The molecule has 0 N–H and O–H groups in total. The monoisotopic (exact) mass is 265 g/mol. The minimum Gasteiger partial charge on any atom is -0.381 e. The molecule has 4 heteroatoms. The number of hydrogen-bond donors (Lipinski definition) is 0. The van der Waals surface area contributed by atoms with Crippen LogP contribution >= 0.6 is 11.6 Å². The van der Waals surface area contributed by atoms with E-state index in [2.05, 4.69) is 6.07 Å². The molecule has 0 spiro atoms. The summed E-state index contributed by atoms with van der Waals surface area (Å²) >= 11 is 6.08. The molecule has 1 aromatic rings. The summed E-state index contributed by atoms with van der Waals surface area (Å²) in [4.78, 5) is 0. The Labute approximate surface area is 112 Å². The number of hydrogen-bond acceptors (Lipinski definition) is 3. The molecular weight excluding hydrogens is 250 g/mol. The Balaban J connectivity index is 1.81. The lowest BCUT2D eigenvalue weighted by molar-refractivity contribution is 0.0157. The highest BCUT2D eigenvalue weighted by atomic mass is 35.5. The van der Waals surface area contributed by atoms with Gasteiger partial charge < -0.3 is 9.47 Å². The van der Waals surface area contributed by atoms with E-state index in [0.717, 1.165) is 38.2 Å². The number of halogens is 1. The molecule has 1 fully saturated rings. The van der Waals surface area contributed by atoms with Crippen LogP contribution in [0.4, 0.5) is 0 Å². The van der Waals surface area contributed by atoms with E-state index in [0.29, 0.717) is 23.1 Å². The molecule has 0 aromatic heterocycles. The highest BCUT2D eigenvalue weighted by Crippen LogP contribution is 2.20. The summed E-state index contributed by atoms with van der Waals surface area (Å²) in [6, 6.07) is 7.35. The van der Waals surface area contributed by atoms with E-state index in [1.54, 1.807) is 12.1 Å². The molecule has 0 unspecified atom stereocenters. The minimum atomic E-state index is 0.502. The third-order valence-electron chi connectivity index (χ3n) is 3.13. The zero-order chi connectivity index (χ0) is 12.8. The maximum Gasteiger partial charge on any atom is 0.0992 e. The Hall–Kier alpha value is -1.08. The molecule has 1 aromatic carbocycles. The molecule has 0 saturated carbocycles. The molecule has 18 heavy (non-hydrogen) atoms. The highest BCUT2D eigenvalue weighted by Gasteiger charge is 2.13. The second-order valence-corrected chi connectivity index (χ2v) is 4.90. The van der Waals surface area contributed by atoms with Crippen LogP contribution in [-0.2, 0) is 16.1 Å². The van der Waals surface area contributed by atoms with E-state index in [9.17, 15) is 0 Å². The molecule has 0 radical (unpaired) electrons. The molecule has 1 aliphatic heterocycles. The molecule has 0 atom stereocenters. The van der Waals surface area contributed by atoms with E-state index >= 15 is 0 Å².